The number of rotatable bonds is 9. The van der Waals surface area contributed by atoms with Crippen molar-refractivity contribution in [2.75, 3.05) is 13.2 Å². The van der Waals surface area contributed by atoms with Crippen molar-refractivity contribution in [3.8, 4) is 5.75 Å². The Kier molecular flexibility index (Phi) is 8.01. The molecule has 1 heterocycles. The standard InChI is InChI=1S/C24H30F2O3/c1-3-5-14-27-21-12-11-20(23(25)24(21)26)19-10-13-22(29-16-19)28-15-18-8-6-17(4-2)7-9-18/h6-9,11-12,19,22H,3-5,10,13-16H2,1-2H3. The molecule has 1 aliphatic rings. The van der Waals surface area contributed by atoms with Gasteiger partial charge < -0.3 is 14.2 Å². The molecule has 29 heavy (non-hydrogen) atoms. The predicted molar refractivity (Wildman–Crippen MR) is 109 cm³/mol. The number of hydrogen-bond donors (Lipinski definition) is 0. The number of benzene rings is 2. The summed E-state index contributed by atoms with van der Waals surface area (Å²) < 4.78 is 45.8. The molecule has 0 radical (unpaired) electrons. The first-order chi connectivity index (χ1) is 14.1. The first-order valence-electron chi connectivity index (χ1n) is 10.5. The van der Waals surface area contributed by atoms with Gasteiger partial charge in [-0.1, -0.05) is 50.6 Å². The Balaban J connectivity index is 1.51. The molecule has 0 aromatic heterocycles. The van der Waals surface area contributed by atoms with Crippen molar-refractivity contribution in [3.05, 3.63) is 64.7 Å². The highest BCUT2D eigenvalue weighted by Gasteiger charge is 2.27. The average molecular weight is 404 g/mol. The van der Waals surface area contributed by atoms with E-state index >= 15 is 0 Å². The second kappa shape index (κ2) is 10.7. The maximum Gasteiger partial charge on any atom is 0.200 e. The van der Waals surface area contributed by atoms with Crippen LogP contribution in [0.2, 0.25) is 0 Å². The molecule has 2 aromatic carbocycles. The minimum atomic E-state index is -0.910. The van der Waals surface area contributed by atoms with E-state index in [1.807, 2.05) is 6.92 Å². The molecule has 2 aromatic rings. The summed E-state index contributed by atoms with van der Waals surface area (Å²) in [5.41, 5.74) is 2.74. The highest BCUT2D eigenvalue weighted by atomic mass is 19.2. The third kappa shape index (κ3) is 5.77. The third-order valence-corrected chi connectivity index (χ3v) is 5.37. The molecule has 0 amide bonds. The van der Waals surface area contributed by atoms with Gasteiger partial charge >= 0.3 is 0 Å². The van der Waals surface area contributed by atoms with E-state index in [9.17, 15) is 8.78 Å². The molecule has 1 fully saturated rings. The van der Waals surface area contributed by atoms with Gasteiger partial charge in [0, 0.05) is 5.92 Å². The van der Waals surface area contributed by atoms with Crippen molar-refractivity contribution >= 4 is 0 Å². The van der Waals surface area contributed by atoms with E-state index in [1.54, 1.807) is 6.07 Å². The van der Waals surface area contributed by atoms with Crippen molar-refractivity contribution in [1.29, 1.82) is 0 Å². The second-order valence-electron chi connectivity index (χ2n) is 7.50. The lowest BCUT2D eigenvalue weighted by molar-refractivity contribution is -0.173. The maximum atomic E-state index is 14.5. The van der Waals surface area contributed by atoms with E-state index in [4.69, 9.17) is 14.2 Å². The molecule has 0 saturated carbocycles. The lowest BCUT2D eigenvalue weighted by atomic mass is 9.92. The van der Waals surface area contributed by atoms with Crippen LogP contribution in [0, 0.1) is 11.6 Å². The highest BCUT2D eigenvalue weighted by Crippen LogP contribution is 2.34. The quantitative estimate of drug-likeness (QED) is 0.470. The molecule has 2 unspecified atom stereocenters. The van der Waals surface area contributed by atoms with Crippen LogP contribution in [-0.4, -0.2) is 19.5 Å². The molecule has 1 aliphatic heterocycles. The van der Waals surface area contributed by atoms with E-state index < -0.39 is 11.6 Å². The van der Waals surface area contributed by atoms with Crippen LogP contribution in [-0.2, 0) is 22.5 Å². The van der Waals surface area contributed by atoms with E-state index in [0.29, 0.717) is 38.2 Å². The van der Waals surface area contributed by atoms with E-state index in [1.165, 1.54) is 11.6 Å². The van der Waals surface area contributed by atoms with Crippen LogP contribution in [0.15, 0.2) is 36.4 Å². The van der Waals surface area contributed by atoms with Gasteiger partial charge in [-0.2, -0.15) is 4.39 Å². The smallest absolute Gasteiger partial charge is 0.200 e. The first kappa shape index (κ1) is 21.7. The minimum Gasteiger partial charge on any atom is -0.490 e. The van der Waals surface area contributed by atoms with E-state index in [2.05, 4.69) is 31.2 Å². The van der Waals surface area contributed by atoms with Gasteiger partial charge in [-0.15, -0.1) is 0 Å². The number of ether oxygens (including phenoxy) is 3. The van der Waals surface area contributed by atoms with E-state index in [-0.39, 0.29) is 18.0 Å². The molecule has 158 valence electrons. The zero-order chi connectivity index (χ0) is 20.6. The summed E-state index contributed by atoms with van der Waals surface area (Å²) in [6.45, 7) is 5.32. The summed E-state index contributed by atoms with van der Waals surface area (Å²) in [5.74, 6) is -1.94. The fourth-order valence-electron chi connectivity index (χ4n) is 3.46. The van der Waals surface area contributed by atoms with Gasteiger partial charge in [0.15, 0.2) is 17.9 Å². The Morgan fingerprint density at radius 1 is 0.966 bits per heavy atom. The zero-order valence-corrected chi connectivity index (χ0v) is 17.3. The molecule has 3 rings (SSSR count). The number of aryl methyl sites for hydroxylation is 1. The summed E-state index contributed by atoms with van der Waals surface area (Å²) in [4.78, 5) is 0. The van der Waals surface area contributed by atoms with Gasteiger partial charge in [0.2, 0.25) is 5.82 Å². The fourth-order valence-corrected chi connectivity index (χ4v) is 3.46. The van der Waals surface area contributed by atoms with Crippen LogP contribution in [0.3, 0.4) is 0 Å². The van der Waals surface area contributed by atoms with Crippen molar-refractivity contribution in [2.45, 2.75) is 64.8 Å². The summed E-state index contributed by atoms with van der Waals surface area (Å²) in [6, 6.07) is 11.5. The van der Waals surface area contributed by atoms with Crippen LogP contribution in [0.1, 0.15) is 62.1 Å². The molecule has 2 atom stereocenters. The summed E-state index contributed by atoms with van der Waals surface area (Å²) in [7, 11) is 0. The molecule has 0 spiro atoms. The number of hydrogen-bond acceptors (Lipinski definition) is 3. The second-order valence-corrected chi connectivity index (χ2v) is 7.50. The highest BCUT2D eigenvalue weighted by molar-refractivity contribution is 5.33. The van der Waals surface area contributed by atoms with Gasteiger partial charge in [-0.3, -0.25) is 0 Å². The van der Waals surface area contributed by atoms with Crippen LogP contribution in [0.5, 0.6) is 5.75 Å². The Bertz CT molecular complexity index is 768. The van der Waals surface area contributed by atoms with E-state index in [0.717, 1.165) is 24.8 Å². The van der Waals surface area contributed by atoms with Crippen LogP contribution < -0.4 is 4.74 Å². The summed E-state index contributed by atoms with van der Waals surface area (Å²) in [5, 5.41) is 0. The fraction of sp³-hybridized carbons (Fsp3) is 0.500. The van der Waals surface area contributed by atoms with Gasteiger partial charge in [0.05, 0.1) is 19.8 Å². The van der Waals surface area contributed by atoms with Crippen molar-refractivity contribution in [3.63, 3.8) is 0 Å². The minimum absolute atomic E-state index is 0.0215. The number of halogens is 2. The van der Waals surface area contributed by atoms with Crippen LogP contribution in [0.4, 0.5) is 8.78 Å². The van der Waals surface area contributed by atoms with Gasteiger partial charge in [-0.25, -0.2) is 4.39 Å². The maximum absolute atomic E-state index is 14.5. The predicted octanol–water partition coefficient (Wildman–Crippen LogP) is 6.14. The van der Waals surface area contributed by atoms with Crippen LogP contribution >= 0.6 is 0 Å². The molecule has 0 N–H and O–H groups in total. The van der Waals surface area contributed by atoms with Crippen molar-refractivity contribution < 1.29 is 23.0 Å². The Morgan fingerprint density at radius 2 is 1.72 bits per heavy atom. The normalized spacial score (nSPS) is 19.3. The SMILES string of the molecule is CCCCOc1ccc(C2CCC(OCc3ccc(CC)cc3)OC2)c(F)c1F. The first-order valence-corrected chi connectivity index (χ1v) is 10.5. The van der Waals surface area contributed by atoms with Gasteiger partial charge in [0.25, 0.3) is 0 Å². The summed E-state index contributed by atoms with van der Waals surface area (Å²) in [6.07, 6.45) is 3.77. The van der Waals surface area contributed by atoms with Crippen molar-refractivity contribution in [1.82, 2.24) is 0 Å². The molecule has 0 bridgehead atoms. The molecule has 5 heteroatoms. The lowest BCUT2D eigenvalue weighted by Gasteiger charge is -2.29. The largest absolute Gasteiger partial charge is 0.490 e. The third-order valence-electron chi connectivity index (χ3n) is 5.37. The Labute approximate surface area is 172 Å². The molecule has 3 nitrogen and oxygen atoms in total. The molecule has 1 saturated heterocycles. The summed E-state index contributed by atoms with van der Waals surface area (Å²) >= 11 is 0. The Hall–Kier alpha value is -1.98. The molecular formula is C24H30F2O3. The van der Waals surface area contributed by atoms with Gasteiger partial charge in [0.1, 0.15) is 0 Å². The zero-order valence-electron chi connectivity index (χ0n) is 17.3. The van der Waals surface area contributed by atoms with Gasteiger partial charge in [-0.05, 0) is 48.4 Å². The topological polar surface area (TPSA) is 27.7 Å². The van der Waals surface area contributed by atoms with Crippen molar-refractivity contribution in [2.24, 2.45) is 0 Å². The lowest BCUT2D eigenvalue weighted by Crippen LogP contribution is -2.27. The Morgan fingerprint density at radius 3 is 2.38 bits per heavy atom. The van der Waals surface area contributed by atoms with Crippen LogP contribution in [0.25, 0.3) is 0 Å². The molecular weight excluding hydrogens is 374 g/mol. The average Bonchev–Trinajstić information content (AvgIpc) is 2.76. The monoisotopic (exact) mass is 404 g/mol. The molecule has 0 aliphatic carbocycles. The number of unbranched alkanes of at least 4 members (excludes halogenated alkanes) is 1.